The van der Waals surface area contributed by atoms with Crippen LogP contribution in [-0.2, 0) is 19.6 Å². The third kappa shape index (κ3) is 4.93. The predicted octanol–water partition coefficient (Wildman–Crippen LogP) is -3.26. The number of aliphatic hydroxyl groups excluding tert-OH is 4. The Bertz CT molecular complexity index is 370. The minimum absolute atomic E-state index is 0.00210. The van der Waals surface area contributed by atoms with Gasteiger partial charge < -0.3 is 34.5 Å². The second-order valence-electron chi connectivity index (χ2n) is 4.19. The maximum Gasteiger partial charge on any atom is 0.186 e. The van der Waals surface area contributed by atoms with E-state index in [0.717, 1.165) is 0 Å². The molecule has 9 nitrogen and oxygen atoms in total. The minimum Gasteiger partial charge on any atom is -0.748 e. The molecular weight excluding hydrogens is 284 g/mol. The van der Waals surface area contributed by atoms with Crippen molar-refractivity contribution in [3.63, 3.8) is 0 Å². The fraction of sp³-hybridized carbons (Fsp3) is 1.00. The van der Waals surface area contributed by atoms with Gasteiger partial charge in [-0.2, -0.15) is 0 Å². The van der Waals surface area contributed by atoms with Crippen LogP contribution in [0.2, 0.25) is 0 Å². The van der Waals surface area contributed by atoms with Gasteiger partial charge in [0.2, 0.25) is 0 Å². The van der Waals surface area contributed by atoms with Gasteiger partial charge in [0.05, 0.1) is 22.5 Å². The highest BCUT2D eigenvalue weighted by Gasteiger charge is 2.44. The summed E-state index contributed by atoms with van der Waals surface area (Å²) in [7, 11) is -4.67. The molecule has 114 valence electrons. The summed E-state index contributed by atoms with van der Waals surface area (Å²) in [6.45, 7) is -0.162. The standard InChI is InChI=1S/C9H18O9S/c10-2-1-3-17-9-8(13)7(12)6(11)5(18-9)4-19(14,15)16/h5-13H,1-4H2,(H,14,15,16)/p-1/t5-,6-,7+,8-,9?/m1/s1. The average molecular weight is 301 g/mol. The summed E-state index contributed by atoms with van der Waals surface area (Å²) in [5.74, 6) is -1.04. The number of rotatable bonds is 6. The fourth-order valence-electron chi connectivity index (χ4n) is 1.66. The molecule has 1 heterocycles. The van der Waals surface area contributed by atoms with E-state index in [4.69, 9.17) is 14.6 Å². The molecule has 1 aliphatic heterocycles. The van der Waals surface area contributed by atoms with Crippen LogP contribution in [0.1, 0.15) is 6.42 Å². The Morgan fingerprint density at radius 3 is 2.32 bits per heavy atom. The Labute approximate surface area is 110 Å². The quantitative estimate of drug-likeness (QED) is 0.292. The molecule has 0 aromatic rings. The highest BCUT2D eigenvalue weighted by atomic mass is 32.2. The summed E-state index contributed by atoms with van der Waals surface area (Å²) in [6, 6.07) is 0. The van der Waals surface area contributed by atoms with Crippen LogP contribution in [0.15, 0.2) is 0 Å². The van der Waals surface area contributed by atoms with Crippen molar-refractivity contribution in [3.05, 3.63) is 0 Å². The van der Waals surface area contributed by atoms with Gasteiger partial charge in [-0.3, -0.25) is 0 Å². The molecule has 4 N–H and O–H groups in total. The summed E-state index contributed by atoms with van der Waals surface area (Å²) in [5, 5.41) is 37.2. The Morgan fingerprint density at radius 2 is 1.79 bits per heavy atom. The first kappa shape index (κ1) is 16.7. The smallest absolute Gasteiger partial charge is 0.186 e. The summed E-state index contributed by atoms with van der Waals surface area (Å²) < 4.78 is 41.9. The van der Waals surface area contributed by atoms with Gasteiger partial charge >= 0.3 is 0 Å². The normalized spacial score (nSPS) is 36.4. The molecule has 10 heteroatoms. The molecule has 0 amide bonds. The largest absolute Gasteiger partial charge is 0.748 e. The molecule has 0 bridgehead atoms. The van der Waals surface area contributed by atoms with Crippen molar-refractivity contribution in [2.75, 3.05) is 19.0 Å². The molecule has 5 atom stereocenters. The van der Waals surface area contributed by atoms with Crippen LogP contribution in [0.5, 0.6) is 0 Å². The number of hydrogen-bond acceptors (Lipinski definition) is 9. The maximum atomic E-state index is 10.6. The Balaban J connectivity index is 2.68. The van der Waals surface area contributed by atoms with Crippen molar-refractivity contribution >= 4 is 10.1 Å². The fourth-order valence-corrected chi connectivity index (χ4v) is 2.34. The third-order valence-corrected chi connectivity index (χ3v) is 3.36. The van der Waals surface area contributed by atoms with Crippen molar-refractivity contribution in [3.8, 4) is 0 Å². The molecule has 0 aromatic carbocycles. The Kier molecular flexibility index (Phi) is 6.08. The topological polar surface area (TPSA) is 157 Å². The minimum atomic E-state index is -4.67. The molecule has 0 spiro atoms. The second kappa shape index (κ2) is 6.90. The summed E-state index contributed by atoms with van der Waals surface area (Å²) in [5.41, 5.74) is 0. The van der Waals surface area contributed by atoms with Crippen LogP contribution in [0.4, 0.5) is 0 Å². The van der Waals surface area contributed by atoms with Gasteiger partial charge in [0.15, 0.2) is 6.29 Å². The molecule has 0 saturated carbocycles. The molecule has 0 aliphatic carbocycles. The first-order chi connectivity index (χ1) is 8.76. The van der Waals surface area contributed by atoms with Gasteiger partial charge in [0, 0.05) is 6.61 Å². The first-order valence-corrected chi connectivity index (χ1v) is 7.19. The zero-order valence-corrected chi connectivity index (χ0v) is 10.8. The average Bonchev–Trinajstić information content (AvgIpc) is 2.30. The number of hydrogen-bond donors (Lipinski definition) is 4. The van der Waals surface area contributed by atoms with Crippen molar-refractivity contribution in [1.29, 1.82) is 0 Å². The molecule has 1 fully saturated rings. The number of aliphatic hydroxyl groups is 4. The van der Waals surface area contributed by atoms with E-state index in [1.54, 1.807) is 0 Å². The lowest BCUT2D eigenvalue weighted by molar-refractivity contribution is -0.292. The Morgan fingerprint density at radius 1 is 1.16 bits per heavy atom. The lowest BCUT2D eigenvalue weighted by Crippen LogP contribution is -2.59. The van der Waals surface area contributed by atoms with Crippen LogP contribution in [0.3, 0.4) is 0 Å². The van der Waals surface area contributed by atoms with E-state index in [2.05, 4.69) is 0 Å². The number of ether oxygens (including phenoxy) is 2. The van der Waals surface area contributed by atoms with E-state index in [1.807, 2.05) is 0 Å². The highest BCUT2D eigenvalue weighted by molar-refractivity contribution is 7.85. The van der Waals surface area contributed by atoms with Crippen LogP contribution < -0.4 is 0 Å². The van der Waals surface area contributed by atoms with Gasteiger partial charge in [-0.1, -0.05) is 0 Å². The van der Waals surface area contributed by atoms with Crippen molar-refractivity contribution in [2.45, 2.75) is 37.1 Å². The van der Waals surface area contributed by atoms with Gasteiger partial charge in [-0.25, -0.2) is 8.42 Å². The molecule has 1 rings (SSSR count). The van der Waals surface area contributed by atoms with Crippen LogP contribution in [0, 0.1) is 0 Å². The molecule has 1 aliphatic rings. The van der Waals surface area contributed by atoms with E-state index < -0.39 is 46.6 Å². The van der Waals surface area contributed by atoms with Crippen LogP contribution >= 0.6 is 0 Å². The summed E-state index contributed by atoms with van der Waals surface area (Å²) in [6.07, 6.45) is -7.61. The Hall–Kier alpha value is -0.330. The van der Waals surface area contributed by atoms with E-state index in [1.165, 1.54) is 0 Å². The SMILES string of the molecule is O=S(=O)([O-])C[C@H]1OC(OCCCO)[C@H](O)[C@@H](O)[C@@H]1O. The summed E-state index contributed by atoms with van der Waals surface area (Å²) in [4.78, 5) is 0. The van der Waals surface area contributed by atoms with Crippen LogP contribution in [0.25, 0.3) is 0 Å². The maximum absolute atomic E-state index is 10.6. The molecule has 1 unspecified atom stereocenters. The van der Waals surface area contributed by atoms with E-state index in [-0.39, 0.29) is 19.6 Å². The van der Waals surface area contributed by atoms with E-state index in [9.17, 15) is 28.3 Å². The van der Waals surface area contributed by atoms with E-state index >= 15 is 0 Å². The second-order valence-corrected chi connectivity index (χ2v) is 5.64. The van der Waals surface area contributed by atoms with Crippen molar-refractivity contribution in [2.24, 2.45) is 0 Å². The highest BCUT2D eigenvalue weighted by Crippen LogP contribution is 2.23. The van der Waals surface area contributed by atoms with Gasteiger partial charge in [0.25, 0.3) is 0 Å². The van der Waals surface area contributed by atoms with Crippen LogP contribution in [-0.4, -0.2) is 83.1 Å². The predicted molar refractivity (Wildman–Crippen MR) is 58.9 cm³/mol. The van der Waals surface area contributed by atoms with E-state index in [0.29, 0.717) is 0 Å². The van der Waals surface area contributed by atoms with Gasteiger partial charge in [0.1, 0.15) is 24.4 Å². The zero-order valence-electron chi connectivity index (χ0n) is 9.95. The summed E-state index contributed by atoms with van der Waals surface area (Å²) >= 11 is 0. The molecule has 19 heavy (non-hydrogen) atoms. The van der Waals surface area contributed by atoms with Gasteiger partial charge in [-0.15, -0.1) is 0 Å². The molecule has 1 saturated heterocycles. The molecular formula is C9H17O9S-. The lowest BCUT2D eigenvalue weighted by atomic mass is 10.00. The van der Waals surface area contributed by atoms with Gasteiger partial charge in [-0.05, 0) is 6.42 Å². The third-order valence-electron chi connectivity index (χ3n) is 2.62. The van der Waals surface area contributed by atoms with Crippen molar-refractivity contribution in [1.82, 2.24) is 0 Å². The zero-order chi connectivity index (χ0) is 14.6. The lowest BCUT2D eigenvalue weighted by Gasteiger charge is -2.40. The molecule has 0 aromatic heterocycles. The first-order valence-electron chi connectivity index (χ1n) is 5.62. The monoisotopic (exact) mass is 301 g/mol. The molecule has 0 radical (unpaired) electrons. The van der Waals surface area contributed by atoms with Crippen molar-refractivity contribution < 1.29 is 42.9 Å².